The maximum absolute atomic E-state index is 12.4. The van der Waals surface area contributed by atoms with Crippen LogP contribution in [0.2, 0.25) is 0 Å². The van der Waals surface area contributed by atoms with Crippen molar-refractivity contribution in [3.8, 4) is 5.75 Å². The lowest BCUT2D eigenvalue weighted by Gasteiger charge is -2.21. The summed E-state index contributed by atoms with van der Waals surface area (Å²) in [5, 5.41) is 8.04. The molecule has 1 heterocycles. The number of carbonyl (C=O) groups is 2. The van der Waals surface area contributed by atoms with Crippen molar-refractivity contribution in [3.05, 3.63) is 35.3 Å². The zero-order chi connectivity index (χ0) is 20.0. The molecule has 7 nitrogen and oxygen atoms in total. The summed E-state index contributed by atoms with van der Waals surface area (Å²) in [6.07, 6.45) is 1.26. The van der Waals surface area contributed by atoms with Gasteiger partial charge in [-0.05, 0) is 42.5 Å². The van der Waals surface area contributed by atoms with Crippen LogP contribution in [-0.4, -0.2) is 29.9 Å². The monoisotopic (exact) mass is 390 g/mol. The summed E-state index contributed by atoms with van der Waals surface area (Å²) in [6, 6.07) is 6.66. The summed E-state index contributed by atoms with van der Waals surface area (Å²) in [5.74, 6) is -0.196. The third-order valence-electron chi connectivity index (χ3n) is 3.91. The van der Waals surface area contributed by atoms with E-state index in [1.54, 1.807) is 12.5 Å². The number of primary amides is 1. The first-order chi connectivity index (χ1) is 12.7. The van der Waals surface area contributed by atoms with Gasteiger partial charge in [0, 0.05) is 11.1 Å². The summed E-state index contributed by atoms with van der Waals surface area (Å²) in [5.41, 5.74) is 6.56. The minimum absolute atomic E-state index is 0.0501. The first kappa shape index (κ1) is 20.7. The molecule has 2 amide bonds. The molecule has 1 aromatic heterocycles. The standard InChI is InChI=1S/C19H26N4O3S/c1-19(2,3)10-9-14(16(20)24)22-17(25)15-11-27-18(23-15)21-12-5-7-13(26-4)8-6-12/h5-8,11,14H,9-10H2,1-4H3,(H2,20,24)(H,21,23)(H,22,25). The van der Waals surface area contributed by atoms with Crippen molar-refractivity contribution < 1.29 is 14.3 Å². The molecule has 1 aromatic carbocycles. The van der Waals surface area contributed by atoms with Crippen LogP contribution in [0.25, 0.3) is 0 Å². The SMILES string of the molecule is COc1ccc(Nc2nc(C(=O)NC(CCC(C)(C)C)C(N)=O)cs2)cc1. The topological polar surface area (TPSA) is 106 Å². The van der Waals surface area contributed by atoms with E-state index >= 15 is 0 Å². The Bertz CT molecular complexity index is 781. The van der Waals surface area contributed by atoms with Gasteiger partial charge >= 0.3 is 0 Å². The van der Waals surface area contributed by atoms with E-state index in [4.69, 9.17) is 10.5 Å². The first-order valence-electron chi connectivity index (χ1n) is 8.65. The van der Waals surface area contributed by atoms with Crippen LogP contribution in [0, 0.1) is 5.41 Å². The van der Waals surface area contributed by atoms with Gasteiger partial charge in [-0.25, -0.2) is 4.98 Å². The number of carbonyl (C=O) groups excluding carboxylic acids is 2. The fourth-order valence-corrected chi connectivity index (χ4v) is 3.04. The van der Waals surface area contributed by atoms with Gasteiger partial charge in [0.15, 0.2) is 5.13 Å². The zero-order valence-corrected chi connectivity index (χ0v) is 16.9. The van der Waals surface area contributed by atoms with Gasteiger partial charge in [0.1, 0.15) is 17.5 Å². The highest BCUT2D eigenvalue weighted by Gasteiger charge is 2.23. The summed E-state index contributed by atoms with van der Waals surface area (Å²) < 4.78 is 5.12. The van der Waals surface area contributed by atoms with Crippen LogP contribution < -0.4 is 21.1 Å². The molecule has 1 unspecified atom stereocenters. The molecule has 0 aliphatic heterocycles. The van der Waals surface area contributed by atoms with Gasteiger partial charge in [-0.15, -0.1) is 11.3 Å². The number of anilines is 2. The van der Waals surface area contributed by atoms with Gasteiger partial charge in [0.2, 0.25) is 5.91 Å². The Labute approximate surface area is 163 Å². The van der Waals surface area contributed by atoms with Crippen LogP contribution in [0.5, 0.6) is 5.75 Å². The fourth-order valence-electron chi connectivity index (χ4n) is 2.33. The van der Waals surface area contributed by atoms with Crippen molar-refractivity contribution in [2.24, 2.45) is 11.1 Å². The number of hydrogen-bond donors (Lipinski definition) is 3. The molecule has 0 saturated heterocycles. The largest absolute Gasteiger partial charge is 0.497 e. The molecule has 4 N–H and O–H groups in total. The molecule has 0 bridgehead atoms. The van der Waals surface area contributed by atoms with E-state index in [-0.39, 0.29) is 11.1 Å². The van der Waals surface area contributed by atoms with Crippen LogP contribution in [0.15, 0.2) is 29.6 Å². The number of nitrogens with two attached hydrogens (primary N) is 1. The molecule has 0 fully saturated rings. The molecule has 0 aliphatic rings. The second kappa shape index (κ2) is 8.85. The number of thiazole rings is 1. The van der Waals surface area contributed by atoms with E-state index < -0.39 is 17.9 Å². The van der Waals surface area contributed by atoms with Crippen LogP contribution in [0.1, 0.15) is 44.1 Å². The third-order valence-corrected chi connectivity index (χ3v) is 4.67. The average molecular weight is 391 g/mol. The van der Waals surface area contributed by atoms with Gasteiger partial charge < -0.3 is 21.1 Å². The summed E-state index contributed by atoms with van der Waals surface area (Å²) in [4.78, 5) is 28.3. The quantitative estimate of drug-likeness (QED) is 0.641. The first-order valence-corrected chi connectivity index (χ1v) is 9.53. The Morgan fingerprint density at radius 3 is 2.48 bits per heavy atom. The molecule has 8 heteroatoms. The summed E-state index contributed by atoms with van der Waals surface area (Å²) in [6.45, 7) is 6.22. The minimum Gasteiger partial charge on any atom is -0.497 e. The Morgan fingerprint density at radius 2 is 1.93 bits per heavy atom. The number of hydrogen-bond acceptors (Lipinski definition) is 6. The number of methoxy groups -OCH3 is 1. The molecule has 2 aromatic rings. The molecular weight excluding hydrogens is 364 g/mol. The van der Waals surface area contributed by atoms with Crippen LogP contribution in [0.3, 0.4) is 0 Å². The van der Waals surface area contributed by atoms with Crippen molar-refractivity contribution in [2.75, 3.05) is 12.4 Å². The molecule has 2 rings (SSSR count). The van der Waals surface area contributed by atoms with E-state index in [9.17, 15) is 9.59 Å². The lowest BCUT2D eigenvalue weighted by Crippen LogP contribution is -2.45. The fraction of sp³-hybridized carbons (Fsp3) is 0.421. The number of rotatable bonds is 8. The van der Waals surface area contributed by atoms with E-state index in [2.05, 4.69) is 36.4 Å². The van der Waals surface area contributed by atoms with Crippen molar-refractivity contribution in [3.63, 3.8) is 0 Å². The Balaban J connectivity index is 1.98. The molecule has 0 saturated carbocycles. The average Bonchev–Trinajstić information content (AvgIpc) is 3.06. The predicted molar refractivity (Wildman–Crippen MR) is 108 cm³/mol. The van der Waals surface area contributed by atoms with Crippen LogP contribution in [-0.2, 0) is 4.79 Å². The highest BCUT2D eigenvalue weighted by molar-refractivity contribution is 7.14. The number of aromatic nitrogens is 1. The lowest BCUT2D eigenvalue weighted by atomic mass is 9.88. The van der Waals surface area contributed by atoms with Gasteiger partial charge in [0.05, 0.1) is 7.11 Å². The second-order valence-electron chi connectivity index (χ2n) is 7.42. The van der Waals surface area contributed by atoms with Crippen molar-refractivity contribution in [2.45, 2.75) is 39.7 Å². The number of benzene rings is 1. The maximum atomic E-state index is 12.4. The zero-order valence-electron chi connectivity index (χ0n) is 16.0. The Hall–Kier alpha value is -2.61. The molecule has 146 valence electrons. The highest BCUT2D eigenvalue weighted by Crippen LogP contribution is 2.24. The van der Waals surface area contributed by atoms with E-state index in [0.717, 1.165) is 17.9 Å². The molecule has 0 spiro atoms. The second-order valence-corrected chi connectivity index (χ2v) is 8.28. The number of nitrogens with one attached hydrogen (secondary N) is 2. The molecule has 0 radical (unpaired) electrons. The normalized spacial score (nSPS) is 12.3. The van der Waals surface area contributed by atoms with Crippen LogP contribution in [0.4, 0.5) is 10.8 Å². The number of ether oxygens (including phenoxy) is 1. The van der Waals surface area contributed by atoms with E-state index in [0.29, 0.717) is 11.6 Å². The van der Waals surface area contributed by atoms with Gasteiger partial charge in [-0.1, -0.05) is 20.8 Å². The van der Waals surface area contributed by atoms with Gasteiger partial charge in [-0.3, -0.25) is 9.59 Å². The number of amides is 2. The maximum Gasteiger partial charge on any atom is 0.271 e. The van der Waals surface area contributed by atoms with E-state index in [1.807, 2.05) is 24.3 Å². The van der Waals surface area contributed by atoms with Gasteiger partial charge in [-0.2, -0.15) is 0 Å². The Morgan fingerprint density at radius 1 is 1.26 bits per heavy atom. The third kappa shape index (κ3) is 6.56. The van der Waals surface area contributed by atoms with Gasteiger partial charge in [0.25, 0.3) is 5.91 Å². The van der Waals surface area contributed by atoms with Crippen molar-refractivity contribution in [1.29, 1.82) is 0 Å². The molecule has 0 aliphatic carbocycles. The lowest BCUT2D eigenvalue weighted by molar-refractivity contribution is -0.120. The van der Waals surface area contributed by atoms with Crippen molar-refractivity contribution in [1.82, 2.24) is 10.3 Å². The molecule has 27 heavy (non-hydrogen) atoms. The highest BCUT2D eigenvalue weighted by atomic mass is 32.1. The minimum atomic E-state index is -0.712. The summed E-state index contributed by atoms with van der Waals surface area (Å²) >= 11 is 1.31. The van der Waals surface area contributed by atoms with Crippen molar-refractivity contribution >= 4 is 34.0 Å². The molecular formula is C19H26N4O3S. The van der Waals surface area contributed by atoms with E-state index in [1.165, 1.54) is 11.3 Å². The smallest absolute Gasteiger partial charge is 0.271 e. The van der Waals surface area contributed by atoms with Crippen LogP contribution >= 0.6 is 11.3 Å². The molecule has 1 atom stereocenters. The summed E-state index contributed by atoms with van der Waals surface area (Å²) in [7, 11) is 1.61. The Kier molecular flexibility index (Phi) is 6.79. The number of nitrogens with zero attached hydrogens (tertiary/aromatic N) is 1. The predicted octanol–water partition coefficient (Wildman–Crippen LogP) is 3.31.